The maximum Gasteiger partial charge on any atom is 0.317 e. The van der Waals surface area contributed by atoms with Crippen molar-refractivity contribution in [2.24, 2.45) is 0 Å². The van der Waals surface area contributed by atoms with Gasteiger partial charge in [-0.3, -0.25) is 9.69 Å². The molecular weight excluding hydrogens is 433 g/mol. The first-order valence-corrected chi connectivity index (χ1v) is 10.5. The quantitative estimate of drug-likeness (QED) is 0.398. The van der Waals surface area contributed by atoms with E-state index in [0.717, 1.165) is 11.1 Å². The van der Waals surface area contributed by atoms with Crippen LogP contribution in [0.15, 0.2) is 66.7 Å². The highest BCUT2D eigenvalue weighted by molar-refractivity contribution is 6.32. The second-order valence-corrected chi connectivity index (χ2v) is 7.99. The van der Waals surface area contributed by atoms with E-state index in [-0.39, 0.29) is 12.4 Å². The van der Waals surface area contributed by atoms with E-state index in [1.165, 1.54) is 12.1 Å². The Bertz CT molecular complexity index is 1040. The van der Waals surface area contributed by atoms with Crippen LogP contribution in [0.2, 0.25) is 5.02 Å². The number of nitrogens with zero attached hydrogens (tertiary/aromatic N) is 1. The van der Waals surface area contributed by atoms with Gasteiger partial charge < -0.3 is 14.6 Å². The van der Waals surface area contributed by atoms with Crippen molar-refractivity contribution in [3.8, 4) is 17.2 Å². The molecule has 3 rings (SSSR count). The number of carboxylic acid groups (broad SMARTS) is 1. The number of benzene rings is 3. The molecule has 0 aliphatic carbocycles. The first-order valence-electron chi connectivity index (χ1n) is 10.2. The molecule has 3 aromatic carbocycles. The summed E-state index contributed by atoms with van der Waals surface area (Å²) in [6.07, 6.45) is 0.0566. The van der Waals surface area contributed by atoms with Crippen LogP contribution in [-0.4, -0.2) is 36.1 Å². The van der Waals surface area contributed by atoms with E-state index in [2.05, 4.69) is 0 Å². The molecule has 0 radical (unpaired) electrons. The monoisotopic (exact) mass is 457 g/mol. The first-order chi connectivity index (χ1) is 15.3. The first kappa shape index (κ1) is 23.6. The van der Waals surface area contributed by atoms with Gasteiger partial charge in [0.25, 0.3) is 0 Å². The maximum absolute atomic E-state index is 13.4. The third kappa shape index (κ3) is 6.97. The number of halogens is 2. The Balaban J connectivity index is 1.74. The van der Waals surface area contributed by atoms with E-state index in [9.17, 15) is 9.18 Å². The molecular formula is C25H25ClFNO4. The zero-order valence-corrected chi connectivity index (χ0v) is 18.7. The standard InChI is InChI=1S/C25H25ClFNO4/c1-17-3-9-20(10-4-17)31-21-11-12-24(22(26)15-21)32-23(13-14-28(2)16-25(29)30)18-5-7-19(27)8-6-18/h3-12,15,23H,13-14,16H2,1-2H3,(H,29,30). The average Bonchev–Trinajstić information content (AvgIpc) is 2.74. The number of rotatable bonds is 10. The lowest BCUT2D eigenvalue weighted by Crippen LogP contribution is -2.28. The van der Waals surface area contributed by atoms with E-state index in [4.69, 9.17) is 26.2 Å². The van der Waals surface area contributed by atoms with Crippen molar-refractivity contribution < 1.29 is 23.8 Å². The molecule has 0 aliphatic heterocycles. The highest BCUT2D eigenvalue weighted by atomic mass is 35.5. The Hall–Kier alpha value is -3.09. The average molecular weight is 458 g/mol. The SMILES string of the molecule is Cc1ccc(Oc2ccc(OC(CCN(C)CC(=O)O)c3ccc(F)cc3)c(Cl)c2)cc1. The van der Waals surface area contributed by atoms with Crippen molar-refractivity contribution in [1.29, 1.82) is 0 Å². The molecule has 0 spiro atoms. The summed E-state index contributed by atoms with van der Waals surface area (Å²) < 4.78 is 25.4. The zero-order chi connectivity index (χ0) is 23.1. The van der Waals surface area contributed by atoms with Gasteiger partial charge in [0.1, 0.15) is 29.2 Å². The van der Waals surface area contributed by atoms with Gasteiger partial charge >= 0.3 is 5.97 Å². The van der Waals surface area contributed by atoms with Crippen LogP contribution in [0.1, 0.15) is 23.7 Å². The van der Waals surface area contributed by atoms with Gasteiger partial charge in [0, 0.05) is 19.0 Å². The molecule has 0 amide bonds. The molecule has 0 aliphatic rings. The van der Waals surface area contributed by atoms with Gasteiger partial charge in [-0.25, -0.2) is 4.39 Å². The number of aliphatic carboxylic acids is 1. The highest BCUT2D eigenvalue weighted by Gasteiger charge is 2.18. The Labute approximate surface area is 192 Å². The zero-order valence-electron chi connectivity index (χ0n) is 17.9. The van der Waals surface area contributed by atoms with E-state index in [1.807, 2.05) is 31.2 Å². The van der Waals surface area contributed by atoms with Crippen LogP contribution in [-0.2, 0) is 4.79 Å². The topological polar surface area (TPSA) is 59.0 Å². The van der Waals surface area contributed by atoms with Crippen LogP contribution in [0, 0.1) is 12.7 Å². The number of likely N-dealkylation sites (N-methyl/N-ethyl adjacent to an activating group) is 1. The third-order valence-corrected chi connectivity index (χ3v) is 5.14. The lowest BCUT2D eigenvalue weighted by molar-refractivity contribution is -0.138. The number of carboxylic acids is 1. The summed E-state index contributed by atoms with van der Waals surface area (Å²) in [6.45, 7) is 2.40. The van der Waals surface area contributed by atoms with Crippen molar-refractivity contribution in [3.05, 3.63) is 88.7 Å². The second kappa shape index (κ2) is 11.0. The molecule has 1 N–H and O–H groups in total. The maximum atomic E-state index is 13.4. The molecule has 0 bridgehead atoms. The van der Waals surface area contributed by atoms with Gasteiger partial charge in [0.2, 0.25) is 0 Å². The summed E-state index contributed by atoms with van der Waals surface area (Å²) >= 11 is 6.46. The predicted molar refractivity (Wildman–Crippen MR) is 122 cm³/mol. The van der Waals surface area contributed by atoms with E-state index in [1.54, 1.807) is 42.3 Å². The van der Waals surface area contributed by atoms with Crippen LogP contribution in [0.3, 0.4) is 0 Å². The Morgan fingerprint density at radius 1 is 1.06 bits per heavy atom. The van der Waals surface area contributed by atoms with Gasteiger partial charge in [0.15, 0.2) is 0 Å². The molecule has 0 aromatic heterocycles. The van der Waals surface area contributed by atoms with Crippen LogP contribution in [0.4, 0.5) is 4.39 Å². The fourth-order valence-corrected chi connectivity index (χ4v) is 3.37. The molecule has 32 heavy (non-hydrogen) atoms. The lowest BCUT2D eigenvalue weighted by atomic mass is 10.1. The second-order valence-electron chi connectivity index (χ2n) is 7.59. The van der Waals surface area contributed by atoms with Gasteiger partial charge in [-0.2, -0.15) is 0 Å². The number of ether oxygens (including phenoxy) is 2. The smallest absolute Gasteiger partial charge is 0.317 e. The minimum absolute atomic E-state index is 0.0814. The van der Waals surface area contributed by atoms with Crippen LogP contribution >= 0.6 is 11.6 Å². The Morgan fingerprint density at radius 2 is 1.72 bits per heavy atom. The Morgan fingerprint density at radius 3 is 2.34 bits per heavy atom. The summed E-state index contributed by atoms with van der Waals surface area (Å²) in [6, 6.07) is 18.9. The van der Waals surface area contributed by atoms with Gasteiger partial charge in [-0.15, -0.1) is 0 Å². The summed E-state index contributed by atoms with van der Waals surface area (Å²) in [7, 11) is 1.72. The van der Waals surface area contributed by atoms with Crippen molar-refractivity contribution >= 4 is 17.6 Å². The third-order valence-electron chi connectivity index (χ3n) is 4.85. The largest absolute Gasteiger partial charge is 0.484 e. The van der Waals surface area contributed by atoms with Crippen LogP contribution < -0.4 is 9.47 Å². The van der Waals surface area contributed by atoms with E-state index >= 15 is 0 Å². The molecule has 0 heterocycles. The minimum atomic E-state index is -0.904. The molecule has 1 atom stereocenters. The lowest BCUT2D eigenvalue weighted by Gasteiger charge is -2.23. The number of carbonyl (C=O) groups is 1. The fraction of sp³-hybridized carbons (Fsp3) is 0.240. The van der Waals surface area contributed by atoms with Crippen molar-refractivity contribution in [1.82, 2.24) is 4.90 Å². The summed E-state index contributed by atoms with van der Waals surface area (Å²) in [5.41, 5.74) is 1.91. The predicted octanol–water partition coefficient (Wildman–Crippen LogP) is 6.11. The van der Waals surface area contributed by atoms with E-state index in [0.29, 0.717) is 35.2 Å². The molecule has 0 saturated heterocycles. The van der Waals surface area contributed by atoms with E-state index < -0.39 is 12.1 Å². The van der Waals surface area contributed by atoms with Crippen molar-refractivity contribution in [2.45, 2.75) is 19.4 Å². The molecule has 0 saturated carbocycles. The molecule has 7 heteroatoms. The fourth-order valence-electron chi connectivity index (χ4n) is 3.15. The molecule has 1 unspecified atom stereocenters. The normalized spacial score (nSPS) is 11.9. The van der Waals surface area contributed by atoms with Crippen molar-refractivity contribution in [2.75, 3.05) is 20.1 Å². The highest BCUT2D eigenvalue weighted by Crippen LogP contribution is 2.35. The summed E-state index contributed by atoms with van der Waals surface area (Å²) in [5, 5.41) is 9.35. The van der Waals surface area contributed by atoms with Crippen molar-refractivity contribution in [3.63, 3.8) is 0 Å². The van der Waals surface area contributed by atoms with Crippen LogP contribution in [0.5, 0.6) is 17.2 Å². The van der Waals surface area contributed by atoms with Gasteiger partial charge in [-0.1, -0.05) is 41.4 Å². The van der Waals surface area contributed by atoms with Gasteiger partial charge in [0.05, 0.1) is 11.6 Å². The minimum Gasteiger partial charge on any atom is -0.484 e. The molecule has 5 nitrogen and oxygen atoms in total. The van der Waals surface area contributed by atoms with Gasteiger partial charge in [-0.05, 0) is 55.9 Å². The Kier molecular flexibility index (Phi) is 8.09. The molecule has 3 aromatic rings. The number of aryl methyl sites for hydroxylation is 1. The summed E-state index contributed by atoms with van der Waals surface area (Å²) in [4.78, 5) is 12.6. The number of hydrogen-bond donors (Lipinski definition) is 1. The molecule has 0 fully saturated rings. The summed E-state index contributed by atoms with van der Waals surface area (Å²) in [5.74, 6) is 0.486. The van der Waals surface area contributed by atoms with Crippen LogP contribution in [0.25, 0.3) is 0 Å². The number of hydrogen-bond acceptors (Lipinski definition) is 4. The molecule has 168 valence electrons.